The highest BCUT2D eigenvalue weighted by Gasteiger charge is 2.51. The maximum absolute atomic E-state index is 13.6. The average molecular weight is 506 g/mol. The van der Waals surface area contributed by atoms with E-state index in [-0.39, 0.29) is 10.8 Å². The number of aryl methyl sites for hydroxylation is 1. The molecule has 0 unspecified atom stereocenters. The van der Waals surface area contributed by atoms with Crippen molar-refractivity contribution in [2.75, 3.05) is 13.7 Å². The summed E-state index contributed by atoms with van der Waals surface area (Å²) in [4.78, 5) is 0.316. The van der Waals surface area contributed by atoms with E-state index in [4.69, 9.17) is 4.74 Å². The zero-order valence-electron chi connectivity index (χ0n) is 22.2. The second kappa shape index (κ2) is 9.18. The number of benzene rings is 3. The quantitative estimate of drug-likeness (QED) is 0.394. The SMILES string of the molecule is COc1ccc(S(=O)(=O)NC[C@]2(C)CCC[C@]3(C)c4cc(C(C)C)ccc4CC[C@@H]23)c2ccccc12. The molecule has 5 heteroatoms. The first-order chi connectivity index (χ1) is 17.1. The van der Waals surface area contributed by atoms with Crippen LogP contribution >= 0.6 is 0 Å². The molecule has 2 aliphatic carbocycles. The molecular formula is C31H39NO3S. The molecule has 3 aromatic carbocycles. The van der Waals surface area contributed by atoms with Gasteiger partial charge in [0.05, 0.1) is 12.0 Å². The van der Waals surface area contributed by atoms with Crippen molar-refractivity contribution in [3.63, 3.8) is 0 Å². The summed E-state index contributed by atoms with van der Waals surface area (Å²) in [6.45, 7) is 9.71. The Bertz CT molecular complexity index is 1400. The van der Waals surface area contributed by atoms with Gasteiger partial charge in [0.15, 0.2) is 0 Å². The van der Waals surface area contributed by atoms with Crippen LogP contribution in [0, 0.1) is 11.3 Å². The molecule has 0 bridgehead atoms. The maximum Gasteiger partial charge on any atom is 0.241 e. The molecule has 0 heterocycles. The maximum atomic E-state index is 13.6. The van der Waals surface area contributed by atoms with Crippen molar-refractivity contribution in [3.05, 3.63) is 71.3 Å². The van der Waals surface area contributed by atoms with E-state index in [1.807, 2.05) is 24.3 Å². The summed E-state index contributed by atoms with van der Waals surface area (Å²) in [5, 5.41) is 1.50. The summed E-state index contributed by atoms with van der Waals surface area (Å²) in [6, 6.07) is 18.1. The van der Waals surface area contributed by atoms with Gasteiger partial charge in [-0.05, 0) is 77.2 Å². The molecule has 1 N–H and O–H groups in total. The molecule has 1 saturated carbocycles. The van der Waals surface area contributed by atoms with E-state index in [0.29, 0.717) is 34.4 Å². The fourth-order valence-electron chi connectivity index (χ4n) is 7.17. The van der Waals surface area contributed by atoms with E-state index in [1.54, 1.807) is 19.2 Å². The minimum atomic E-state index is -3.69. The number of sulfonamides is 1. The first kappa shape index (κ1) is 25.3. The lowest BCUT2D eigenvalue weighted by molar-refractivity contribution is 0.0298. The Labute approximate surface area is 216 Å². The summed E-state index contributed by atoms with van der Waals surface area (Å²) >= 11 is 0. The van der Waals surface area contributed by atoms with Gasteiger partial charge in [-0.1, -0.05) is 76.6 Å². The predicted molar refractivity (Wildman–Crippen MR) is 147 cm³/mol. The van der Waals surface area contributed by atoms with Crippen molar-refractivity contribution in [2.24, 2.45) is 11.3 Å². The highest BCUT2D eigenvalue weighted by atomic mass is 32.2. The first-order valence-corrected chi connectivity index (χ1v) is 14.8. The molecule has 0 radical (unpaired) electrons. The Morgan fingerprint density at radius 1 is 1.03 bits per heavy atom. The summed E-state index contributed by atoms with van der Waals surface area (Å²) in [5.74, 6) is 1.62. The van der Waals surface area contributed by atoms with Gasteiger partial charge < -0.3 is 4.74 Å². The Kier molecular flexibility index (Phi) is 6.45. The van der Waals surface area contributed by atoms with E-state index in [0.717, 1.165) is 37.5 Å². The molecule has 5 rings (SSSR count). The molecule has 0 spiro atoms. The lowest BCUT2D eigenvalue weighted by atomic mass is 9.49. The molecule has 36 heavy (non-hydrogen) atoms. The number of hydrogen-bond acceptors (Lipinski definition) is 3. The number of nitrogens with one attached hydrogen (secondary N) is 1. The van der Waals surface area contributed by atoms with Crippen molar-refractivity contribution in [2.45, 2.75) is 76.0 Å². The molecule has 2 aliphatic rings. The minimum absolute atomic E-state index is 0.0732. The number of rotatable bonds is 6. The van der Waals surface area contributed by atoms with Crippen LogP contribution in [0.4, 0.5) is 0 Å². The van der Waals surface area contributed by atoms with Gasteiger partial charge in [-0.25, -0.2) is 13.1 Å². The van der Waals surface area contributed by atoms with Gasteiger partial charge in [0.25, 0.3) is 0 Å². The molecule has 0 saturated heterocycles. The third-order valence-electron chi connectivity index (χ3n) is 9.19. The van der Waals surface area contributed by atoms with Gasteiger partial charge in [0.1, 0.15) is 5.75 Å². The van der Waals surface area contributed by atoms with Crippen LogP contribution in [0.25, 0.3) is 10.8 Å². The van der Waals surface area contributed by atoms with Crippen molar-refractivity contribution in [1.82, 2.24) is 4.72 Å². The van der Waals surface area contributed by atoms with Crippen LogP contribution in [-0.2, 0) is 21.9 Å². The lowest BCUT2D eigenvalue weighted by Gasteiger charge is -2.55. The van der Waals surface area contributed by atoms with Crippen LogP contribution in [0.1, 0.15) is 76.0 Å². The Morgan fingerprint density at radius 3 is 2.50 bits per heavy atom. The number of ether oxygens (including phenoxy) is 1. The molecule has 4 nitrogen and oxygen atoms in total. The second-order valence-electron chi connectivity index (χ2n) is 11.7. The van der Waals surface area contributed by atoms with Crippen LogP contribution in [0.5, 0.6) is 5.75 Å². The van der Waals surface area contributed by atoms with Gasteiger partial charge in [0.2, 0.25) is 10.0 Å². The van der Waals surface area contributed by atoms with E-state index in [9.17, 15) is 8.42 Å². The molecule has 0 aliphatic heterocycles. The monoisotopic (exact) mass is 505 g/mol. The summed E-state index contributed by atoms with van der Waals surface area (Å²) in [6.07, 6.45) is 5.49. The van der Waals surface area contributed by atoms with Gasteiger partial charge in [-0.15, -0.1) is 0 Å². The zero-order valence-corrected chi connectivity index (χ0v) is 23.0. The normalized spacial score (nSPS) is 26.0. The van der Waals surface area contributed by atoms with Crippen molar-refractivity contribution < 1.29 is 13.2 Å². The van der Waals surface area contributed by atoms with Crippen molar-refractivity contribution in [3.8, 4) is 5.75 Å². The highest BCUT2D eigenvalue weighted by molar-refractivity contribution is 7.89. The van der Waals surface area contributed by atoms with Gasteiger partial charge in [0, 0.05) is 17.3 Å². The lowest BCUT2D eigenvalue weighted by Crippen LogP contribution is -2.53. The second-order valence-corrected chi connectivity index (χ2v) is 13.5. The van der Waals surface area contributed by atoms with Crippen molar-refractivity contribution >= 4 is 20.8 Å². The minimum Gasteiger partial charge on any atom is -0.496 e. The number of fused-ring (bicyclic) bond motifs is 4. The van der Waals surface area contributed by atoms with E-state index < -0.39 is 10.0 Å². The molecule has 3 atom stereocenters. The zero-order chi connectivity index (χ0) is 25.7. The predicted octanol–water partition coefficient (Wildman–Crippen LogP) is 6.96. The van der Waals surface area contributed by atoms with Gasteiger partial charge in [-0.3, -0.25) is 0 Å². The number of methoxy groups -OCH3 is 1. The van der Waals surface area contributed by atoms with Crippen LogP contribution in [0.3, 0.4) is 0 Å². The molecule has 0 amide bonds. The molecule has 192 valence electrons. The van der Waals surface area contributed by atoms with E-state index >= 15 is 0 Å². The Balaban J connectivity index is 1.46. The third-order valence-corrected chi connectivity index (χ3v) is 10.7. The molecule has 0 aromatic heterocycles. The Hall–Kier alpha value is -2.37. The summed E-state index contributed by atoms with van der Waals surface area (Å²) in [7, 11) is -2.08. The summed E-state index contributed by atoms with van der Waals surface area (Å²) in [5.41, 5.74) is 4.35. The van der Waals surface area contributed by atoms with E-state index in [1.165, 1.54) is 16.7 Å². The van der Waals surface area contributed by atoms with E-state index in [2.05, 4.69) is 50.6 Å². The van der Waals surface area contributed by atoms with Crippen LogP contribution in [-0.4, -0.2) is 22.1 Å². The fourth-order valence-corrected chi connectivity index (χ4v) is 8.56. The first-order valence-electron chi connectivity index (χ1n) is 13.3. The molecular weight excluding hydrogens is 466 g/mol. The molecule has 3 aromatic rings. The number of hydrogen-bond donors (Lipinski definition) is 1. The molecule has 1 fully saturated rings. The van der Waals surface area contributed by atoms with Gasteiger partial charge >= 0.3 is 0 Å². The van der Waals surface area contributed by atoms with Gasteiger partial charge in [-0.2, -0.15) is 0 Å². The fraction of sp³-hybridized carbons (Fsp3) is 0.484. The topological polar surface area (TPSA) is 55.4 Å². The largest absolute Gasteiger partial charge is 0.496 e. The van der Waals surface area contributed by atoms with Crippen LogP contribution < -0.4 is 9.46 Å². The van der Waals surface area contributed by atoms with Crippen LogP contribution in [0.15, 0.2) is 59.5 Å². The van der Waals surface area contributed by atoms with Crippen molar-refractivity contribution in [1.29, 1.82) is 0 Å². The standard InChI is InChI=1S/C31H39NO3S/c1-21(2)23-12-11-22-13-16-29-30(3,17-8-18-31(29,4)26(22)19-23)20-32-36(33,34)28-15-14-27(35-5)24-9-6-7-10-25(24)28/h6-7,9-12,14-15,19,21,29,32H,8,13,16-18,20H2,1-5H3/t29-,30-,31+/m0/s1. The highest BCUT2D eigenvalue weighted by Crippen LogP contribution is 2.57. The third kappa shape index (κ3) is 4.14. The average Bonchev–Trinajstić information content (AvgIpc) is 2.86. The summed E-state index contributed by atoms with van der Waals surface area (Å²) < 4.78 is 35.8. The smallest absolute Gasteiger partial charge is 0.241 e. The van der Waals surface area contributed by atoms with Crippen LogP contribution in [0.2, 0.25) is 0 Å². The Morgan fingerprint density at radius 2 is 1.78 bits per heavy atom.